The number of para-hydroxylation sites is 1. The highest BCUT2D eigenvalue weighted by Gasteiger charge is 2.43. The topological polar surface area (TPSA) is 102 Å². The lowest BCUT2D eigenvalue weighted by molar-refractivity contribution is -0.153. The standard InChI is InChI=1S/C26H32N4O6/c1-5-36-25(32)21-22(17-15-19(33-2)23(35-4)20(16-17)34-3)27-26(28-24(21)31)30-13-11-29(12-14-30)18-9-7-6-8-10-18/h6-10,15-16,21-22H,5,11-14H2,1-4H3,(H,27,28,31)/t21-,22+/m1/s1. The van der Waals surface area contributed by atoms with E-state index in [2.05, 4.69) is 22.3 Å². The van der Waals surface area contributed by atoms with E-state index in [0.29, 0.717) is 41.9 Å². The Kier molecular flexibility index (Phi) is 7.82. The quantitative estimate of drug-likeness (QED) is 0.460. The second kappa shape index (κ2) is 11.2. The lowest BCUT2D eigenvalue weighted by Crippen LogP contribution is -2.57. The fraction of sp³-hybridized carbons (Fsp3) is 0.423. The van der Waals surface area contributed by atoms with Gasteiger partial charge in [0, 0.05) is 31.9 Å². The van der Waals surface area contributed by atoms with Crippen molar-refractivity contribution in [2.75, 3.05) is 59.0 Å². The van der Waals surface area contributed by atoms with E-state index in [9.17, 15) is 9.59 Å². The molecule has 36 heavy (non-hydrogen) atoms. The average Bonchev–Trinajstić information content (AvgIpc) is 2.92. The summed E-state index contributed by atoms with van der Waals surface area (Å²) in [6.45, 7) is 4.74. The van der Waals surface area contributed by atoms with Gasteiger partial charge in [-0.1, -0.05) is 18.2 Å². The number of amides is 1. The summed E-state index contributed by atoms with van der Waals surface area (Å²) in [4.78, 5) is 35.3. The molecule has 2 atom stereocenters. The molecule has 10 heteroatoms. The first kappa shape index (κ1) is 25.2. The first-order valence-electron chi connectivity index (χ1n) is 11.9. The Hall–Kier alpha value is -3.95. The molecule has 0 saturated carbocycles. The summed E-state index contributed by atoms with van der Waals surface area (Å²) in [5.74, 6) is -0.567. The molecule has 192 valence electrons. The first-order valence-corrected chi connectivity index (χ1v) is 11.9. The zero-order chi connectivity index (χ0) is 25.7. The van der Waals surface area contributed by atoms with Crippen LogP contribution < -0.4 is 24.4 Å². The number of anilines is 1. The minimum absolute atomic E-state index is 0.155. The number of aliphatic imine (C=N–C) groups is 1. The van der Waals surface area contributed by atoms with Crippen molar-refractivity contribution in [1.29, 1.82) is 0 Å². The van der Waals surface area contributed by atoms with E-state index in [1.165, 1.54) is 21.3 Å². The van der Waals surface area contributed by atoms with Gasteiger partial charge in [0.1, 0.15) is 6.04 Å². The highest BCUT2D eigenvalue weighted by atomic mass is 16.5. The smallest absolute Gasteiger partial charge is 0.321 e. The second-order valence-corrected chi connectivity index (χ2v) is 8.38. The third-order valence-corrected chi connectivity index (χ3v) is 6.36. The van der Waals surface area contributed by atoms with E-state index in [0.717, 1.165) is 18.8 Å². The van der Waals surface area contributed by atoms with Gasteiger partial charge in [-0.2, -0.15) is 0 Å². The van der Waals surface area contributed by atoms with Gasteiger partial charge < -0.3 is 28.7 Å². The number of piperazine rings is 1. The molecular weight excluding hydrogens is 464 g/mol. The van der Waals surface area contributed by atoms with Crippen molar-refractivity contribution in [3.8, 4) is 17.2 Å². The summed E-state index contributed by atoms with van der Waals surface area (Å²) in [6.07, 6.45) is 0. The molecule has 0 aliphatic carbocycles. The summed E-state index contributed by atoms with van der Waals surface area (Å²) in [6, 6.07) is 12.8. The molecule has 0 spiro atoms. The number of carbonyl (C=O) groups excluding carboxylic acids is 2. The van der Waals surface area contributed by atoms with Gasteiger partial charge in [0.15, 0.2) is 17.4 Å². The molecule has 4 rings (SSSR count). The third kappa shape index (κ3) is 5.02. The number of nitrogens with one attached hydrogen (secondary N) is 1. The first-order chi connectivity index (χ1) is 17.5. The predicted molar refractivity (Wildman–Crippen MR) is 135 cm³/mol. The summed E-state index contributed by atoms with van der Waals surface area (Å²) in [7, 11) is 4.54. The van der Waals surface area contributed by atoms with Crippen LogP contribution in [0.15, 0.2) is 47.5 Å². The predicted octanol–water partition coefficient (Wildman–Crippen LogP) is 2.24. The van der Waals surface area contributed by atoms with E-state index in [1.807, 2.05) is 23.1 Å². The summed E-state index contributed by atoms with van der Waals surface area (Å²) < 4.78 is 21.6. The van der Waals surface area contributed by atoms with Crippen LogP contribution in [0.25, 0.3) is 0 Å². The monoisotopic (exact) mass is 496 g/mol. The lowest BCUT2D eigenvalue weighted by atomic mass is 9.90. The number of rotatable bonds is 7. The van der Waals surface area contributed by atoms with E-state index in [4.69, 9.17) is 23.9 Å². The van der Waals surface area contributed by atoms with Crippen LogP contribution in [-0.2, 0) is 14.3 Å². The molecule has 2 aromatic carbocycles. The number of benzene rings is 2. The van der Waals surface area contributed by atoms with Crippen molar-refractivity contribution < 1.29 is 28.5 Å². The minimum Gasteiger partial charge on any atom is -0.493 e. The van der Waals surface area contributed by atoms with Crippen LogP contribution in [0.3, 0.4) is 0 Å². The molecule has 2 aliphatic heterocycles. The van der Waals surface area contributed by atoms with Gasteiger partial charge in [-0.25, -0.2) is 4.99 Å². The fourth-order valence-electron chi connectivity index (χ4n) is 4.55. The molecule has 1 N–H and O–H groups in total. The van der Waals surface area contributed by atoms with Crippen LogP contribution in [0.4, 0.5) is 5.69 Å². The van der Waals surface area contributed by atoms with Crippen LogP contribution in [0.1, 0.15) is 18.5 Å². The van der Waals surface area contributed by atoms with Crippen molar-refractivity contribution in [1.82, 2.24) is 10.2 Å². The molecule has 10 nitrogen and oxygen atoms in total. The Bertz CT molecular complexity index is 1090. The van der Waals surface area contributed by atoms with Crippen molar-refractivity contribution in [3.05, 3.63) is 48.0 Å². The van der Waals surface area contributed by atoms with Crippen LogP contribution in [-0.4, -0.2) is 76.9 Å². The molecule has 2 aromatic rings. The molecule has 1 fully saturated rings. The van der Waals surface area contributed by atoms with Gasteiger partial charge in [0.25, 0.3) is 0 Å². The number of carbonyl (C=O) groups is 2. The van der Waals surface area contributed by atoms with Gasteiger partial charge in [-0.3, -0.25) is 14.9 Å². The summed E-state index contributed by atoms with van der Waals surface area (Å²) >= 11 is 0. The summed E-state index contributed by atoms with van der Waals surface area (Å²) in [5, 5.41) is 2.84. The van der Waals surface area contributed by atoms with Crippen LogP contribution >= 0.6 is 0 Å². The molecule has 0 radical (unpaired) electrons. The van der Waals surface area contributed by atoms with E-state index in [1.54, 1.807) is 19.1 Å². The number of guanidine groups is 1. The van der Waals surface area contributed by atoms with Crippen molar-refractivity contribution in [2.45, 2.75) is 13.0 Å². The van der Waals surface area contributed by atoms with Gasteiger partial charge in [-0.05, 0) is 36.8 Å². The Labute approximate surface area is 210 Å². The zero-order valence-electron chi connectivity index (χ0n) is 21.0. The van der Waals surface area contributed by atoms with E-state index >= 15 is 0 Å². The number of esters is 1. The molecule has 0 aromatic heterocycles. The van der Waals surface area contributed by atoms with Gasteiger partial charge in [0.05, 0.1) is 27.9 Å². The van der Waals surface area contributed by atoms with Crippen LogP contribution in [0.2, 0.25) is 0 Å². The lowest BCUT2D eigenvalue weighted by Gasteiger charge is -2.39. The molecule has 2 aliphatic rings. The SMILES string of the molecule is CCOC(=O)[C@H]1C(=O)NC(N2CCN(c3ccccc3)CC2)=N[C@H]1c1cc(OC)c(OC)c(OC)c1. The molecule has 1 amide bonds. The van der Waals surface area contributed by atoms with Gasteiger partial charge in [0.2, 0.25) is 17.6 Å². The molecule has 0 bridgehead atoms. The van der Waals surface area contributed by atoms with Crippen molar-refractivity contribution in [2.24, 2.45) is 10.9 Å². The number of ether oxygens (including phenoxy) is 4. The number of hydrogen-bond donors (Lipinski definition) is 1. The third-order valence-electron chi connectivity index (χ3n) is 6.36. The highest BCUT2D eigenvalue weighted by molar-refractivity contribution is 6.08. The maximum Gasteiger partial charge on any atom is 0.321 e. The zero-order valence-corrected chi connectivity index (χ0v) is 21.0. The fourth-order valence-corrected chi connectivity index (χ4v) is 4.55. The normalized spacial score (nSPS) is 19.8. The Balaban J connectivity index is 1.67. The van der Waals surface area contributed by atoms with E-state index in [-0.39, 0.29) is 6.61 Å². The van der Waals surface area contributed by atoms with Gasteiger partial charge in [-0.15, -0.1) is 0 Å². The molecule has 2 heterocycles. The average molecular weight is 497 g/mol. The van der Waals surface area contributed by atoms with E-state index < -0.39 is 23.8 Å². The molecular formula is C26H32N4O6. The second-order valence-electron chi connectivity index (χ2n) is 8.38. The largest absolute Gasteiger partial charge is 0.493 e. The van der Waals surface area contributed by atoms with Crippen molar-refractivity contribution >= 4 is 23.5 Å². The number of methoxy groups -OCH3 is 3. The minimum atomic E-state index is -1.15. The van der Waals surface area contributed by atoms with Crippen LogP contribution in [0.5, 0.6) is 17.2 Å². The maximum absolute atomic E-state index is 13.2. The molecule has 1 saturated heterocycles. The maximum atomic E-state index is 13.2. The Morgan fingerprint density at radius 1 is 0.972 bits per heavy atom. The van der Waals surface area contributed by atoms with Crippen molar-refractivity contribution in [3.63, 3.8) is 0 Å². The Morgan fingerprint density at radius 2 is 1.58 bits per heavy atom. The number of hydrogen-bond acceptors (Lipinski definition) is 9. The summed E-state index contributed by atoms with van der Waals surface area (Å²) in [5.41, 5.74) is 1.74. The molecule has 0 unspecified atom stereocenters. The highest BCUT2D eigenvalue weighted by Crippen LogP contribution is 2.42. The van der Waals surface area contributed by atoms with Crippen LogP contribution in [0, 0.1) is 5.92 Å². The number of nitrogens with zero attached hydrogens (tertiary/aromatic N) is 3. The Morgan fingerprint density at radius 3 is 2.14 bits per heavy atom. The van der Waals surface area contributed by atoms with Gasteiger partial charge >= 0.3 is 5.97 Å².